The molecule has 0 unspecified atom stereocenters. The van der Waals surface area contributed by atoms with Crippen molar-refractivity contribution in [3.05, 3.63) is 105 Å². The van der Waals surface area contributed by atoms with Gasteiger partial charge in [-0.1, -0.05) is 59.1 Å². The summed E-state index contributed by atoms with van der Waals surface area (Å²) in [7, 11) is 0. The SMILES string of the molecule is Cc1ccc(Cn2c3cc(-c4c(Cl)cccc4Cl)c[c]c3c3c(C(N)=O)cccc32)c(C)c1. The van der Waals surface area contributed by atoms with Gasteiger partial charge >= 0.3 is 0 Å². The lowest BCUT2D eigenvalue weighted by Crippen LogP contribution is -2.11. The van der Waals surface area contributed by atoms with Gasteiger partial charge in [0.2, 0.25) is 5.91 Å². The van der Waals surface area contributed by atoms with E-state index in [1.54, 1.807) is 6.07 Å². The molecule has 1 heterocycles. The van der Waals surface area contributed by atoms with E-state index in [4.69, 9.17) is 28.9 Å². The Morgan fingerprint density at radius 2 is 1.70 bits per heavy atom. The number of aromatic nitrogens is 1. The summed E-state index contributed by atoms with van der Waals surface area (Å²) < 4.78 is 2.21. The van der Waals surface area contributed by atoms with Crippen molar-refractivity contribution < 1.29 is 4.79 Å². The van der Waals surface area contributed by atoms with Crippen LogP contribution in [0, 0.1) is 19.9 Å². The van der Waals surface area contributed by atoms with E-state index in [0.29, 0.717) is 22.2 Å². The molecule has 1 amide bonds. The van der Waals surface area contributed by atoms with Crippen molar-refractivity contribution in [3.8, 4) is 11.1 Å². The minimum absolute atomic E-state index is 0.460. The molecular formula is C28H21Cl2N2O. The second-order valence-electron chi connectivity index (χ2n) is 8.33. The minimum atomic E-state index is -0.460. The van der Waals surface area contributed by atoms with E-state index in [0.717, 1.165) is 32.9 Å². The van der Waals surface area contributed by atoms with Crippen LogP contribution in [-0.2, 0) is 6.54 Å². The van der Waals surface area contributed by atoms with E-state index in [1.807, 2.05) is 36.4 Å². The lowest BCUT2D eigenvalue weighted by atomic mass is 10.0. The number of hydrogen-bond acceptors (Lipinski definition) is 1. The van der Waals surface area contributed by atoms with Crippen molar-refractivity contribution in [2.45, 2.75) is 20.4 Å². The molecule has 3 nitrogen and oxygen atoms in total. The average Bonchev–Trinajstić information content (AvgIpc) is 3.08. The summed E-state index contributed by atoms with van der Waals surface area (Å²) in [6.07, 6.45) is 0. The highest BCUT2D eigenvalue weighted by molar-refractivity contribution is 6.39. The van der Waals surface area contributed by atoms with Crippen LogP contribution < -0.4 is 5.73 Å². The van der Waals surface area contributed by atoms with Gasteiger partial charge in [0, 0.05) is 38.5 Å². The second kappa shape index (κ2) is 8.26. The Labute approximate surface area is 202 Å². The van der Waals surface area contributed by atoms with E-state index in [1.165, 1.54) is 16.7 Å². The first kappa shape index (κ1) is 21.6. The van der Waals surface area contributed by atoms with Crippen LogP contribution in [0.15, 0.2) is 66.7 Å². The summed E-state index contributed by atoms with van der Waals surface area (Å²) in [5.74, 6) is -0.460. The minimum Gasteiger partial charge on any atom is -0.366 e. The Morgan fingerprint density at radius 1 is 0.970 bits per heavy atom. The Bertz CT molecular complexity index is 1550. The fraction of sp³-hybridized carbons (Fsp3) is 0.107. The van der Waals surface area contributed by atoms with Crippen LogP contribution in [0.3, 0.4) is 0 Å². The molecule has 0 aliphatic carbocycles. The lowest BCUT2D eigenvalue weighted by molar-refractivity contribution is 0.100. The number of primary amides is 1. The molecule has 0 saturated heterocycles. The summed E-state index contributed by atoms with van der Waals surface area (Å²) in [6.45, 7) is 4.85. The molecule has 4 aromatic carbocycles. The topological polar surface area (TPSA) is 48.0 Å². The predicted molar refractivity (Wildman–Crippen MR) is 137 cm³/mol. The number of nitrogens with zero attached hydrogens (tertiary/aromatic N) is 1. The third-order valence-electron chi connectivity index (χ3n) is 6.14. The smallest absolute Gasteiger partial charge is 0.249 e. The standard InChI is InChI=1S/C28H21Cl2N2O/c1-16-9-10-19(17(2)13-16)15-32-24-8-3-5-21(28(31)33)27(24)20-12-11-18(14-25(20)32)26-22(29)6-4-7-23(26)30/h3-11,13-14H,15H2,1-2H3,(H2,31,33). The monoisotopic (exact) mass is 471 g/mol. The van der Waals surface area contributed by atoms with Gasteiger partial charge in [-0.2, -0.15) is 0 Å². The van der Waals surface area contributed by atoms with Crippen LogP contribution in [0.2, 0.25) is 10.0 Å². The highest BCUT2D eigenvalue weighted by Gasteiger charge is 2.19. The molecule has 5 heteroatoms. The number of aryl methyl sites for hydroxylation is 2. The van der Waals surface area contributed by atoms with Gasteiger partial charge in [-0.25, -0.2) is 0 Å². The van der Waals surface area contributed by atoms with Crippen molar-refractivity contribution in [2.24, 2.45) is 5.73 Å². The molecule has 0 bridgehead atoms. The fourth-order valence-electron chi connectivity index (χ4n) is 4.54. The third kappa shape index (κ3) is 3.68. The van der Waals surface area contributed by atoms with Crippen LogP contribution >= 0.6 is 23.2 Å². The first-order valence-corrected chi connectivity index (χ1v) is 11.4. The van der Waals surface area contributed by atoms with Gasteiger partial charge in [0.05, 0.1) is 11.0 Å². The number of hydrogen-bond donors (Lipinski definition) is 1. The molecule has 2 N–H and O–H groups in total. The molecule has 0 aliphatic heterocycles. The zero-order chi connectivity index (χ0) is 23.3. The van der Waals surface area contributed by atoms with Crippen molar-refractivity contribution in [2.75, 3.05) is 0 Å². The van der Waals surface area contributed by atoms with Gasteiger partial charge < -0.3 is 10.3 Å². The molecule has 163 valence electrons. The van der Waals surface area contributed by atoms with Gasteiger partial charge in [-0.3, -0.25) is 4.79 Å². The number of nitrogens with two attached hydrogens (primary N) is 1. The molecule has 0 fully saturated rings. The van der Waals surface area contributed by atoms with E-state index in [2.05, 4.69) is 48.7 Å². The van der Waals surface area contributed by atoms with E-state index >= 15 is 0 Å². The number of benzene rings is 4. The normalized spacial score (nSPS) is 11.4. The van der Waals surface area contributed by atoms with Crippen molar-refractivity contribution in [3.63, 3.8) is 0 Å². The Kier molecular flexibility index (Phi) is 5.40. The zero-order valence-corrected chi connectivity index (χ0v) is 19.8. The largest absolute Gasteiger partial charge is 0.366 e. The van der Waals surface area contributed by atoms with Crippen LogP contribution in [0.1, 0.15) is 27.0 Å². The molecule has 5 rings (SSSR count). The summed E-state index contributed by atoms with van der Waals surface area (Å²) in [4.78, 5) is 12.3. The number of halogens is 2. The molecule has 5 aromatic rings. The van der Waals surface area contributed by atoms with Crippen LogP contribution in [-0.4, -0.2) is 10.5 Å². The Morgan fingerprint density at radius 3 is 2.39 bits per heavy atom. The number of fused-ring (bicyclic) bond motifs is 3. The van der Waals surface area contributed by atoms with Gasteiger partial charge in [0.15, 0.2) is 0 Å². The molecule has 33 heavy (non-hydrogen) atoms. The summed E-state index contributed by atoms with van der Waals surface area (Å²) in [5.41, 5.74) is 13.3. The molecule has 0 atom stereocenters. The number of amides is 1. The Hall–Kier alpha value is -3.27. The maximum atomic E-state index is 12.3. The lowest BCUT2D eigenvalue weighted by Gasteiger charge is -2.12. The van der Waals surface area contributed by atoms with Crippen molar-refractivity contribution in [1.82, 2.24) is 4.57 Å². The first-order valence-electron chi connectivity index (χ1n) is 10.6. The van der Waals surface area contributed by atoms with Crippen LogP contribution in [0.5, 0.6) is 0 Å². The van der Waals surface area contributed by atoms with E-state index in [-0.39, 0.29) is 0 Å². The highest BCUT2D eigenvalue weighted by Crippen LogP contribution is 2.39. The third-order valence-corrected chi connectivity index (χ3v) is 6.77. The van der Waals surface area contributed by atoms with Crippen molar-refractivity contribution in [1.29, 1.82) is 0 Å². The van der Waals surface area contributed by atoms with Crippen molar-refractivity contribution >= 4 is 50.9 Å². The molecule has 0 spiro atoms. The first-order chi connectivity index (χ1) is 15.8. The van der Waals surface area contributed by atoms with Crippen LogP contribution in [0.25, 0.3) is 32.9 Å². The average molecular weight is 472 g/mol. The number of rotatable bonds is 4. The number of carbonyl (C=O) groups excluding carboxylic acids is 1. The summed E-state index contributed by atoms with van der Waals surface area (Å²) >= 11 is 13.0. The fourth-order valence-corrected chi connectivity index (χ4v) is 5.16. The van der Waals surface area contributed by atoms with E-state index < -0.39 is 5.91 Å². The summed E-state index contributed by atoms with van der Waals surface area (Å²) in [6, 6.07) is 24.9. The van der Waals surface area contributed by atoms with Gasteiger partial charge in [-0.05, 0) is 73.0 Å². The van der Waals surface area contributed by atoms with Gasteiger partial charge in [0.25, 0.3) is 0 Å². The van der Waals surface area contributed by atoms with Gasteiger partial charge in [0.1, 0.15) is 0 Å². The highest BCUT2D eigenvalue weighted by atomic mass is 35.5. The van der Waals surface area contributed by atoms with Gasteiger partial charge in [-0.15, -0.1) is 0 Å². The molecule has 1 aromatic heterocycles. The van der Waals surface area contributed by atoms with E-state index in [9.17, 15) is 4.79 Å². The quantitative estimate of drug-likeness (QED) is 0.292. The second-order valence-corrected chi connectivity index (χ2v) is 9.14. The maximum absolute atomic E-state index is 12.3. The maximum Gasteiger partial charge on any atom is 0.249 e. The Balaban J connectivity index is 1.83. The molecule has 0 saturated carbocycles. The zero-order valence-electron chi connectivity index (χ0n) is 18.2. The molecule has 1 radical (unpaired) electrons. The number of carbonyl (C=O) groups is 1. The summed E-state index contributed by atoms with van der Waals surface area (Å²) in [5, 5.41) is 2.80. The van der Waals surface area contributed by atoms with Crippen LogP contribution in [0.4, 0.5) is 0 Å². The molecular weight excluding hydrogens is 451 g/mol. The molecule has 0 aliphatic rings. The predicted octanol–water partition coefficient (Wildman–Crippen LogP) is 7.33.